The summed E-state index contributed by atoms with van der Waals surface area (Å²) in [5.74, 6) is 0.383. The summed E-state index contributed by atoms with van der Waals surface area (Å²) in [6.07, 6.45) is 4.05. The number of carbonyl (C=O) groups excluding carboxylic acids is 2. The van der Waals surface area contributed by atoms with E-state index in [1.165, 1.54) is 12.0 Å². The molecule has 3 heterocycles. The molecule has 28 heavy (non-hydrogen) atoms. The van der Waals surface area contributed by atoms with Gasteiger partial charge in [-0.15, -0.1) is 0 Å². The third kappa shape index (κ3) is 3.80. The van der Waals surface area contributed by atoms with Crippen LogP contribution in [0.1, 0.15) is 37.3 Å². The molecule has 0 unspecified atom stereocenters. The van der Waals surface area contributed by atoms with Gasteiger partial charge in [0.25, 0.3) is 0 Å². The highest BCUT2D eigenvalue weighted by Gasteiger charge is 2.48. The number of rotatable bonds is 4. The summed E-state index contributed by atoms with van der Waals surface area (Å²) in [5.41, 5.74) is 1.33. The Kier molecular flexibility index (Phi) is 5.97. The predicted molar refractivity (Wildman–Crippen MR) is 107 cm³/mol. The second-order valence-electron chi connectivity index (χ2n) is 8.21. The van der Waals surface area contributed by atoms with Crippen LogP contribution in [0.5, 0.6) is 0 Å². The second-order valence-corrected chi connectivity index (χ2v) is 8.21. The predicted octanol–water partition coefficient (Wildman–Crippen LogP) is 1.92. The number of fused-ring (bicyclic) bond motifs is 1. The van der Waals surface area contributed by atoms with Crippen molar-refractivity contribution < 1.29 is 14.3 Å². The van der Waals surface area contributed by atoms with E-state index < -0.39 is 0 Å². The summed E-state index contributed by atoms with van der Waals surface area (Å²) >= 11 is 0. The number of hydrogen-bond acceptors (Lipinski definition) is 4. The van der Waals surface area contributed by atoms with Crippen LogP contribution in [-0.4, -0.2) is 79.0 Å². The highest BCUT2D eigenvalue weighted by atomic mass is 16.5. The standard InChI is InChI=1S/C22H31N3O3/c1-28-16-21(26)23-10-6-11-24(14-13-23)22(27)18-15-20(17-7-3-2-4-8-17)25-12-5-9-19(18)25/h2-4,7-8,18-20H,5-6,9-16H2,1H3/t18-,19+,20-/m1/s1. The monoisotopic (exact) mass is 385 g/mol. The van der Waals surface area contributed by atoms with Crippen LogP contribution in [0.4, 0.5) is 0 Å². The van der Waals surface area contributed by atoms with Crippen LogP contribution in [0.3, 0.4) is 0 Å². The van der Waals surface area contributed by atoms with Crippen LogP contribution < -0.4 is 0 Å². The van der Waals surface area contributed by atoms with Gasteiger partial charge in [-0.1, -0.05) is 30.3 Å². The molecule has 6 nitrogen and oxygen atoms in total. The fourth-order valence-corrected chi connectivity index (χ4v) is 5.27. The van der Waals surface area contributed by atoms with Crippen LogP contribution in [0, 0.1) is 5.92 Å². The van der Waals surface area contributed by atoms with Crippen LogP contribution in [0.25, 0.3) is 0 Å². The molecule has 1 aromatic carbocycles. The van der Waals surface area contributed by atoms with Crippen molar-refractivity contribution in [1.29, 1.82) is 0 Å². The van der Waals surface area contributed by atoms with Crippen molar-refractivity contribution >= 4 is 11.8 Å². The van der Waals surface area contributed by atoms with E-state index in [-0.39, 0.29) is 24.3 Å². The zero-order valence-corrected chi connectivity index (χ0v) is 16.8. The molecule has 6 heteroatoms. The van der Waals surface area contributed by atoms with E-state index >= 15 is 0 Å². The summed E-state index contributed by atoms with van der Waals surface area (Å²) < 4.78 is 4.98. The summed E-state index contributed by atoms with van der Waals surface area (Å²) in [6, 6.07) is 11.3. The van der Waals surface area contributed by atoms with Gasteiger partial charge < -0.3 is 14.5 Å². The molecule has 0 aromatic heterocycles. The number of carbonyl (C=O) groups is 2. The van der Waals surface area contributed by atoms with Crippen LogP contribution in [0.15, 0.2) is 30.3 Å². The van der Waals surface area contributed by atoms with Gasteiger partial charge >= 0.3 is 0 Å². The number of hydrogen-bond donors (Lipinski definition) is 0. The number of amides is 2. The quantitative estimate of drug-likeness (QED) is 0.795. The van der Waals surface area contributed by atoms with Crippen LogP contribution >= 0.6 is 0 Å². The van der Waals surface area contributed by atoms with Gasteiger partial charge in [-0.3, -0.25) is 14.5 Å². The Morgan fingerprint density at radius 1 is 1.00 bits per heavy atom. The molecular weight excluding hydrogens is 354 g/mol. The lowest BCUT2D eigenvalue weighted by Gasteiger charge is -2.27. The lowest BCUT2D eigenvalue weighted by atomic mass is 9.93. The first-order chi connectivity index (χ1) is 13.7. The third-order valence-electron chi connectivity index (χ3n) is 6.61. The van der Waals surface area contributed by atoms with E-state index in [2.05, 4.69) is 35.2 Å². The molecule has 152 valence electrons. The molecule has 0 saturated carbocycles. The van der Waals surface area contributed by atoms with Gasteiger partial charge in [-0.2, -0.15) is 0 Å². The Bertz CT molecular complexity index is 696. The fraction of sp³-hybridized carbons (Fsp3) is 0.636. The minimum absolute atomic E-state index is 0.0174. The van der Waals surface area contributed by atoms with Crippen molar-refractivity contribution in [2.24, 2.45) is 5.92 Å². The molecule has 0 spiro atoms. The fourth-order valence-electron chi connectivity index (χ4n) is 5.27. The number of methoxy groups -OCH3 is 1. The molecular formula is C22H31N3O3. The van der Waals surface area contributed by atoms with E-state index in [1.807, 2.05) is 9.80 Å². The summed E-state index contributed by atoms with van der Waals surface area (Å²) in [4.78, 5) is 32.0. The molecule has 0 aliphatic carbocycles. The van der Waals surface area contributed by atoms with E-state index in [4.69, 9.17) is 4.74 Å². The van der Waals surface area contributed by atoms with Crippen molar-refractivity contribution in [3.8, 4) is 0 Å². The maximum Gasteiger partial charge on any atom is 0.248 e. The maximum absolute atomic E-state index is 13.4. The Labute approximate surface area is 167 Å². The van der Waals surface area contributed by atoms with Gasteiger partial charge in [0.1, 0.15) is 6.61 Å². The average molecular weight is 386 g/mol. The Hall–Kier alpha value is -1.92. The third-order valence-corrected chi connectivity index (χ3v) is 6.61. The minimum Gasteiger partial charge on any atom is -0.375 e. The zero-order valence-electron chi connectivity index (χ0n) is 16.8. The second kappa shape index (κ2) is 8.62. The van der Waals surface area contributed by atoms with E-state index in [0.717, 1.165) is 32.4 Å². The molecule has 3 aliphatic heterocycles. The molecule has 3 saturated heterocycles. The van der Waals surface area contributed by atoms with Gasteiger partial charge in [-0.25, -0.2) is 0 Å². The van der Waals surface area contributed by atoms with Gasteiger partial charge in [0, 0.05) is 45.4 Å². The molecule has 0 N–H and O–H groups in total. The van der Waals surface area contributed by atoms with E-state index in [0.29, 0.717) is 31.7 Å². The normalized spacial score (nSPS) is 28.2. The highest BCUT2D eigenvalue weighted by Crippen LogP contribution is 2.45. The van der Waals surface area contributed by atoms with Crippen molar-refractivity contribution in [3.63, 3.8) is 0 Å². The Morgan fingerprint density at radius 2 is 1.75 bits per heavy atom. The number of benzene rings is 1. The molecule has 3 atom stereocenters. The summed E-state index contributed by atoms with van der Waals surface area (Å²) in [5, 5.41) is 0. The molecule has 0 bridgehead atoms. The first-order valence-corrected chi connectivity index (χ1v) is 10.5. The molecule has 0 radical (unpaired) electrons. The molecule has 2 amide bonds. The highest BCUT2D eigenvalue weighted by molar-refractivity contribution is 5.81. The SMILES string of the molecule is COCC(=O)N1CCCN(C(=O)[C@@H]2C[C@H](c3ccccc3)N3CCC[C@@H]23)CC1. The number of ether oxygens (including phenoxy) is 1. The van der Waals surface area contributed by atoms with Gasteiger partial charge in [0.2, 0.25) is 11.8 Å². The zero-order chi connectivity index (χ0) is 19.5. The van der Waals surface area contributed by atoms with E-state index in [1.54, 1.807) is 7.11 Å². The largest absolute Gasteiger partial charge is 0.375 e. The van der Waals surface area contributed by atoms with Crippen molar-refractivity contribution in [1.82, 2.24) is 14.7 Å². The molecule has 4 rings (SSSR count). The smallest absolute Gasteiger partial charge is 0.248 e. The van der Waals surface area contributed by atoms with E-state index in [9.17, 15) is 9.59 Å². The Balaban J connectivity index is 1.44. The summed E-state index contributed by atoms with van der Waals surface area (Å²) in [7, 11) is 1.54. The summed E-state index contributed by atoms with van der Waals surface area (Å²) in [6.45, 7) is 3.90. The lowest BCUT2D eigenvalue weighted by molar-refractivity contribution is -0.138. The van der Waals surface area contributed by atoms with Crippen LogP contribution in [0.2, 0.25) is 0 Å². The minimum atomic E-state index is 0.0174. The van der Waals surface area contributed by atoms with Crippen molar-refractivity contribution in [2.75, 3.05) is 46.4 Å². The maximum atomic E-state index is 13.4. The van der Waals surface area contributed by atoms with Crippen molar-refractivity contribution in [3.05, 3.63) is 35.9 Å². The Morgan fingerprint density at radius 3 is 2.54 bits per heavy atom. The van der Waals surface area contributed by atoms with Crippen molar-refractivity contribution in [2.45, 2.75) is 37.8 Å². The van der Waals surface area contributed by atoms with Gasteiger partial charge in [-0.05, 0) is 37.8 Å². The average Bonchev–Trinajstić information content (AvgIpc) is 3.23. The first kappa shape index (κ1) is 19.4. The number of nitrogens with zero attached hydrogens (tertiary/aromatic N) is 3. The lowest BCUT2D eigenvalue weighted by Crippen LogP contribution is -2.43. The first-order valence-electron chi connectivity index (χ1n) is 10.5. The molecule has 3 aliphatic rings. The molecule has 1 aromatic rings. The van der Waals surface area contributed by atoms with Gasteiger partial charge in [0.05, 0.1) is 5.92 Å². The van der Waals surface area contributed by atoms with Gasteiger partial charge in [0.15, 0.2) is 0 Å². The topological polar surface area (TPSA) is 53.1 Å². The molecule has 3 fully saturated rings. The van der Waals surface area contributed by atoms with Crippen LogP contribution in [-0.2, 0) is 14.3 Å².